The van der Waals surface area contributed by atoms with Crippen molar-refractivity contribution < 1.29 is 4.74 Å². The molecule has 18 heavy (non-hydrogen) atoms. The van der Waals surface area contributed by atoms with Gasteiger partial charge in [-0.1, -0.05) is 46.3 Å². The van der Waals surface area contributed by atoms with Gasteiger partial charge in [0, 0.05) is 7.11 Å². The van der Waals surface area contributed by atoms with Crippen LogP contribution < -0.4 is 0 Å². The van der Waals surface area contributed by atoms with Crippen LogP contribution in [0.25, 0.3) is 0 Å². The van der Waals surface area contributed by atoms with Gasteiger partial charge in [0.1, 0.15) is 5.60 Å². The van der Waals surface area contributed by atoms with Gasteiger partial charge in [-0.05, 0) is 47.5 Å². The second-order valence-corrected chi connectivity index (χ2v) is 7.57. The van der Waals surface area contributed by atoms with E-state index in [9.17, 15) is 0 Å². The van der Waals surface area contributed by atoms with E-state index >= 15 is 0 Å². The van der Waals surface area contributed by atoms with E-state index in [2.05, 4.69) is 46.3 Å². The van der Waals surface area contributed by atoms with Crippen molar-refractivity contribution >= 4 is 15.9 Å². The van der Waals surface area contributed by atoms with Crippen molar-refractivity contribution in [3.63, 3.8) is 0 Å². The average molecular weight is 305 g/mol. The summed E-state index contributed by atoms with van der Waals surface area (Å²) < 4.78 is 6.18. The van der Waals surface area contributed by atoms with Gasteiger partial charge < -0.3 is 4.74 Å². The Labute approximate surface area is 116 Å². The fourth-order valence-corrected chi connectivity index (χ4v) is 7.62. The van der Waals surface area contributed by atoms with Crippen LogP contribution in [0, 0.1) is 35.5 Å². The van der Waals surface area contributed by atoms with Crippen LogP contribution in [0.4, 0.5) is 0 Å². The molecular formula is C16H17BrO. The minimum atomic E-state index is -0.0526. The predicted molar refractivity (Wildman–Crippen MR) is 73.4 cm³/mol. The van der Waals surface area contributed by atoms with E-state index in [0.717, 1.165) is 35.5 Å². The van der Waals surface area contributed by atoms with E-state index in [1.54, 1.807) is 0 Å². The van der Waals surface area contributed by atoms with Crippen LogP contribution in [0.1, 0.15) is 12.0 Å². The predicted octanol–water partition coefficient (Wildman–Crippen LogP) is 3.43. The van der Waals surface area contributed by atoms with Gasteiger partial charge >= 0.3 is 0 Å². The maximum absolute atomic E-state index is 6.18. The van der Waals surface area contributed by atoms with Gasteiger partial charge in [0.15, 0.2) is 0 Å². The quantitative estimate of drug-likeness (QED) is 0.761. The number of hydrogen-bond acceptors (Lipinski definition) is 1. The van der Waals surface area contributed by atoms with E-state index in [1.807, 2.05) is 7.11 Å². The normalized spacial score (nSPS) is 58.2. The summed E-state index contributed by atoms with van der Waals surface area (Å²) in [5.74, 6) is 5.64. The smallest absolute Gasteiger partial charge is 0.109 e. The van der Waals surface area contributed by atoms with Crippen molar-refractivity contribution in [1.82, 2.24) is 0 Å². The van der Waals surface area contributed by atoms with Crippen LogP contribution in [0.15, 0.2) is 30.3 Å². The van der Waals surface area contributed by atoms with Crippen LogP contribution in [0.3, 0.4) is 0 Å². The molecule has 2 heteroatoms. The Hall–Kier alpha value is -0.340. The Bertz CT molecular complexity index is 515. The number of benzene rings is 1. The number of methoxy groups -OCH3 is 1. The van der Waals surface area contributed by atoms with Gasteiger partial charge in [-0.2, -0.15) is 0 Å². The minimum absolute atomic E-state index is 0.0526. The summed E-state index contributed by atoms with van der Waals surface area (Å²) >= 11 is 4.03. The Morgan fingerprint density at radius 3 is 2.50 bits per heavy atom. The lowest BCUT2D eigenvalue weighted by atomic mass is 9.78. The second kappa shape index (κ2) is 3.04. The number of halogens is 1. The largest absolute Gasteiger partial charge is 0.372 e. The third-order valence-corrected chi connectivity index (χ3v) is 7.75. The molecule has 1 aromatic carbocycles. The number of alkyl halides is 1. The molecule has 1 nitrogen and oxygen atoms in total. The summed E-state index contributed by atoms with van der Waals surface area (Å²) in [5.41, 5.74) is 1.33. The molecule has 8 atom stereocenters. The maximum atomic E-state index is 6.18. The lowest BCUT2D eigenvalue weighted by Crippen LogP contribution is -2.44. The van der Waals surface area contributed by atoms with Crippen molar-refractivity contribution in [3.8, 4) is 0 Å². The molecule has 5 saturated carbocycles. The van der Waals surface area contributed by atoms with Gasteiger partial charge in [0.05, 0.1) is 4.83 Å². The van der Waals surface area contributed by atoms with Gasteiger partial charge in [-0.3, -0.25) is 0 Å². The van der Waals surface area contributed by atoms with Gasteiger partial charge in [-0.15, -0.1) is 0 Å². The summed E-state index contributed by atoms with van der Waals surface area (Å²) in [6.45, 7) is 0. The van der Waals surface area contributed by atoms with E-state index in [0.29, 0.717) is 4.83 Å². The Morgan fingerprint density at radius 1 is 1.11 bits per heavy atom. The zero-order chi connectivity index (χ0) is 12.1. The molecule has 0 radical (unpaired) electrons. The molecule has 0 unspecified atom stereocenters. The maximum Gasteiger partial charge on any atom is 0.109 e. The average Bonchev–Trinajstić information content (AvgIpc) is 2.78. The van der Waals surface area contributed by atoms with E-state index in [-0.39, 0.29) is 5.60 Å². The number of rotatable bonds is 2. The summed E-state index contributed by atoms with van der Waals surface area (Å²) in [7, 11) is 1.91. The third-order valence-electron chi connectivity index (χ3n) is 6.46. The highest BCUT2D eigenvalue weighted by Gasteiger charge is 2.84. The van der Waals surface area contributed by atoms with Crippen LogP contribution in [-0.4, -0.2) is 11.9 Å². The van der Waals surface area contributed by atoms with E-state index < -0.39 is 0 Å². The molecule has 1 aromatic rings. The van der Waals surface area contributed by atoms with Gasteiger partial charge in [0.2, 0.25) is 0 Å². The molecule has 0 spiro atoms. The molecule has 0 N–H and O–H groups in total. The molecule has 0 heterocycles. The summed E-state index contributed by atoms with van der Waals surface area (Å²) in [5, 5.41) is 0. The van der Waals surface area contributed by atoms with Crippen molar-refractivity contribution in [2.45, 2.75) is 16.8 Å². The Morgan fingerprint density at radius 2 is 1.89 bits per heavy atom. The second-order valence-electron chi connectivity index (χ2n) is 6.59. The Kier molecular flexibility index (Phi) is 1.76. The zero-order valence-corrected chi connectivity index (χ0v) is 12.0. The van der Waals surface area contributed by atoms with Crippen molar-refractivity contribution in [1.29, 1.82) is 0 Å². The van der Waals surface area contributed by atoms with Crippen LogP contribution in [0.5, 0.6) is 0 Å². The lowest BCUT2D eigenvalue weighted by Gasteiger charge is -2.40. The van der Waals surface area contributed by atoms with Crippen LogP contribution in [0.2, 0.25) is 0 Å². The molecule has 0 aromatic heterocycles. The molecule has 6 bridgehead atoms. The topological polar surface area (TPSA) is 9.23 Å². The number of ether oxygens (including phenoxy) is 1. The molecule has 0 saturated heterocycles. The highest BCUT2D eigenvalue weighted by molar-refractivity contribution is 9.09. The molecular weight excluding hydrogens is 288 g/mol. The fraction of sp³-hybridized carbons (Fsp3) is 0.625. The Balaban J connectivity index is 1.70. The van der Waals surface area contributed by atoms with Gasteiger partial charge in [0.25, 0.3) is 0 Å². The first-order chi connectivity index (χ1) is 8.80. The van der Waals surface area contributed by atoms with E-state index in [1.165, 1.54) is 12.0 Å². The third kappa shape index (κ3) is 0.857. The van der Waals surface area contributed by atoms with E-state index in [4.69, 9.17) is 4.74 Å². The highest BCUT2D eigenvalue weighted by Crippen LogP contribution is 2.85. The SMILES string of the molecule is CO[C@]1(c2ccccc2)[C@@H]2[C@H]3C[C@@H]4[C@@H]([C@@H]42)[C@H]3[C@@H]1Br. The molecule has 5 fully saturated rings. The monoisotopic (exact) mass is 304 g/mol. The minimum Gasteiger partial charge on any atom is -0.372 e. The molecule has 6 rings (SSSR count). The fourth-order valence-electron chi connectivity index (χ4n) is 6.12. The van der Waals surface area contributed by atoms with Gasteiger partial charge in [-0.25, -0.2) is 0 Å². The standard InChI is InChI=1S/C16H17BrO/c1-18-16(8-5-3-2-4-6-8)14-10-7-9-11(12(9)14)13(10)15(16)17/h2-6,9-15H,7H2,1H3/t9-,10+,11+,12-,13+,14-,15+,16-/m1/s1. The van der Waals surface area contributed by atoms with Crippen LogP contribution >= 0.6 is 15.9 Å². The molecule has 0 amide bonds. The van der Waals surface area contributed by atoms with Crippen molar-refractivity contribution in [2.24, 2.45) is 35.5 Å². The summed E-state index contributed by atoms with van der Waals surface area (Å²) in [6, 6.07) is 10.9. The van der Waals surface area contributed by atoms with Crippen molar-refractivity contribution in [2.75, 3.05) is 7.11 Å². The summed E-state index contributed by atoms with van der Waals surface area (Å²) in [4.78, 5) is 0.515. The first-order valence-corrected chi connectivity index (χ1v) is 7.97. The first kappa shape index (κ1) is 10.4. The van der Waals surface area contributed by atoms with Crippen molar-refractivity contribution in [3.05, 3.63) is 35.9 Å². The molecule has 5 aliphatic carbocycles. The highest BCUT2D eigenvalue weighted by atomic mass is 79.9. The molecule has 0 aliphatic heterocycles. The lowest BCUT2D eigenvalue weighted by molar-refractivity contribution is -0.0600. The molecule has 5 aliphatic rings. The molecule has 94 valence electrons. The van der Waals surface area contributed by atoms with Crippen LogP contribution in [-0.2, 0) is 10.3 Å². The first-order valence-electron chi connectivity index (χ1n) is 7.05. The number of hydrogen-bond donors (Lipinski definition) is 0. The zero-order valence-electron chi connectivity index (χ0n) is 10.4. The summed E-state index contributed by atoms with van der Waals surface area (Å²) in [6.07, 6.45) is 1.48.